The molecule has 1 saturated heterocycles. The summed E-state index contributed by atoms with van der Waals surface area (Å²) in [6, 6.07) is 0. The topological polar surface area (TPSA) is 20.2 Å². The van der Waals surface area contributed by atoms with Crippen LogP contribution in [0.1, 0.15) is 33.1 Å². The Bertz CT molecular complexity index is 194. The number of hydrogen-bond acceptors (Lipinski definition) is 3. The fraction of sp³-hybridized carbons (Fsp3) is 1.00. The average molecular weight is 232 g/mol. The van der Waals surface area contributed by atoms with E-state index >= 15 is 0 Å². The van der Waals surface area contributed by atoms with Gasteiger partial charge < -0.3 is 5.11 Å². The van der Waals surface area contributed by atoms with Crippen LogP contribution < -0.4 is 0 Å². The normalized spacial score (nSPS) is 41.8. The molecule has 3 heteroatoms. The van der Waals surface area contributed by atoms with Gasteiger partial charge in [0.2, 0.25) is 0 Å². The largest absolute Gasteiger partial charge is 0.392 e. The molecule has 1 N–H and O–H groups in total. The van der Waals surface area contributed by atoms with Crippen LogP contribution in [0, 0.1) is 5.92 Å². The summed E-state index contributed by atoms with van der Waals surface area (Å²) in [5, 5.41) is 12.1. The monoisotopic (exact) mass is 232 g/mol. The number of aliphatic hydroxyl groups excluding tert-OH is 1. The molecule has 4 atom stereocenters. The molecule has 14 heavy (non-hydrogen) atoms. The van der Waals surface area contributed by atoms with E-state index in [0.717, 1.165) is 11.0 Å². The third-order valence-electron chi connectivity index (χ3n) is 3.59. The van der Waals surface area contributed by atoms with E-state index in [2.05, 4.69) is 13.8 Å². The Morgan fingerprint density at radius 2 is 1.93 bits per heavy atom. The second-order valence-electron chi connectivity index (χ2n) is 4.60. The number of hydrogen-bond donors (Lipinski definition) is 1. The van der Waals surface area contributed by atoms with E-state index in [1.54, 1.807) is 0 Å². The predicted molar refractivity (Wildman–Crippen MR) is 66.1 cm³/mol. The molecular weight excluding hydrogens is 212 g/mol. The molecule has 0 aromatic carbocycles. The van der Waals surface area contributed by atoms with Crippen LogP contribution in [0.2, 0.25) is 0 Å². The molecule has 1 aliphatic heterocycles. The molecule has 1 aliphatic carbocycles. The maximum absolute atomic E-state index is 10.2. The van der Waals surface area contributed by atoms with Crippen LogP contribution in [0.5, 0.6) is 0 Å². The first-order valence-electron chi connectivity index (χ1n) is 5.63. The van der Waals surface area contributed by atoms with Gasteiger partial charge in [-0.1, -0.05) is 20.3 Å². The van der Waals surface area contributed by atoms with E-state index in [1.807, 2.05) is 23.5 Å². The van der Waals surface area contributed by atoms with Crippen molar-refractivity contribution in [2.45, 2.75) is 55.0 Å². The summed E-state index contributed by atoms with van der Waals surface area (Å²) in [5.41, 5.74) is 0. The van der Waals surface area contributed by atoms with Crippen LogP contribution in [0.3, 0.4) is 0 Å². The summed E-state index contributed by atoms with van der Waals surface area (Å²) in [6.45, 7) is 4.59. The van der Waals surface area contributed by atoms with Gasteiger partial charge in [0.25, 0.3) is 0 Å². The fourth-order valence-corrected chi connectivity index (χ4v) is 5.17. The molecule has 2 rings (SSSR count). The molecule has 1 saturated carbocycles. The SMILES string of the molecule is CC1SCC(C(O)C2CCC2)SC1C. The van der Waals surface area contributed by atoms with Crippen LogP contribution >= 0.6 is 23.5 Å². The fourth-order valence-electron chi connectivity index (χ4n) is 2.07. The second kappa shape index (κ2) is 4.67. The van der Waals surface area contributed by atoms with Crippen molar-refractivity contribution in [3.8, 4) is 0 Å². The summed E-state index contributed by atoms with van der Waals surface area (Å²) in [7, 11) is 0. The van der Waals surface area contributed by atoms with Crippen molar-refractivity contribution in [2.75, 3.05) is 5.75 Å². The first kappa shape index (κ1) is 11.2. The second-order valence-corrected chi connectivity index (χ2v) is 7.63. The predicted octanol–water partition coefficient (Wildman–Crippen LogP) is 2.77. The molecule has 0 bridgehead atoms. The molecule has 4 unspecified atom stereocenters. The van der Waals surface area contributed by atoms with Crippen LogP contribution in [0.4, 0.5) is 0 Å². The van der Waals surface area contributed by atoms with Crippen molar-refractivity contribution in [3.63, 3.8) is 0 Å². The molecule has 0 aromatic rings. The summed E-state index contributed by atoms with van der Waals surface area (Å²) in [5.74, 6) is 1.77. The lowest BCUT2D eigenvalue weighted by molar-refractivity contribution is 0.0647. The first-order chi connectivity index (χ1) is 6.68. The molecule has 0 spiro atoms. The van der Waals surface area contributed by atoms with Gasteiger partial charge in [-0.25, -0.2) is 0 Å². The zero-order valence-electron chi connectivity index (χ0n) is 8.98. The van der Waals surface area contributed by atoms with Gasteiger partial charge in [0.15, 0.2) is 0 Å². The molecule has 0 aromatic heterocycles. The van der Waals surface area contributed by atoms with Crippen LogP contribution in [0.25, 0.3) is 0 Å². The van der Waals surface area contributed by atoms with Crippen molar-refractivity contribution in [3.05, 3.63) is 0 Å². The lowest BCUT2D eigenvalue weighted by Crippen LogP contribution is -2.40. The molecule has 1 heterocycles. The summed E-state index contributed by atoms with van der Waals surface area (Å²) < 4.78 is 0. The quantitative estimate of drug-likeness (QED) is 0.790. The van der Waals surface area contributed by atoms with Crippen molar-refractivity contribution < 1.29 is 5.11 Å². The van der Waals surface area contributed by atoms with Gasteiger partial charge in [0.05, 0.1) is 6.10 Å². The number of rotatable bonds is 2. The third kappa shape index (κ3) is 2.25. The lowest BCUT2D eigenvalue weighted by atomic mass is 9.80. The third-order valence-corrected chi connectivity index (χ3v) is 7.09. The smallest absolute Gasteiger partial charge is 0.0695 e. The van der Waals surface area contributed by atoms with Crippen LogP contribution in [-0.2, 0) is 0 Å². The van der Waals surface area contributed by atoms with E-state index in [0.29, 0.717) is 16.4 Å². The maximum Gasteiger partial charge on any atom is 0.0695 e. The maximum atomic E-state index is 10.2. The molecular formula is C11H20OS2. The minimum atomic E-state index is -0.0313. The Hall–Kier alpha value is 0.660. The Kier molecular flexibility index (Phi) is 3.72. The molecule has 1 nitrogen and oxygen atoms in total. The standard InChI is InChI=1S/C11H20OS2/c1-7-8(2)14-10(6-13-7)11(12)9-4-3-5-9/h7-12H,3-6H2,1-2H3. The van der Waals surface area contributed by atoms with Crippen molar-refractivity contribution in [1.29, 1.82) is 0 Å². The number of thioether (sulfide) groups is 2. The molecule has 2 fully saturated rings. The van der Waals surface area contributed by atoms with Gasteiger partial charge in [0.1, 0.15) is 0 Å². The summed E-state index contributed by atoms with van der Waals surface area (Å²) in [6.07, 6.45) is 3.81. The minimum absolute atomic E-state index is 0.0313. The lowest BCUT2D eigenvalue weighted by Gasteiger charge is -2.39. The summed E-state index contributed by atoms with van der Waals surface area (Å²) in [4.78, 5) is 0. The Labute approximate surface area is 95.4 Å². The Balaban J connectivity index is 1.85. The zero-order valence-corrected chi connectivity index (χ0v) is 10.6. The van der Waals surface area contributed by atoms with E-state index in [9.17, 15) is 5.11 Å². The molecule has 2 aliphatic rings. The van der Waals surface area contributed by atoms with Crippen molar-refractivity contribution in [2.24, 2.45) is 5.92 Å². The highest BCUT2D eigenvalue weighted by molar-refractivity contribution is 8.07. The highest BCUT2D eigenvalue weighted by atomic mass is 32.2. The van der Waals surface area contributed by atoms with E-state index in [4.69, 9.17) is 0 Å². The van der Waals surface area contributed by atoms with Crippen LogP contribution in [-0.4, -0.2) is 32.7 Å². The van der Waals surface area contributed by atoms with Gasteiger partial charge in [-0.3, -0.25) is 0 Å². The molecule has 0 amide bonds. The first-order valence-corrected chi connectivity index (χ1v) is 7.62. The van der Waals surface area contributed by atoms with E-state index < -0.39 is 0 Å². The van der Waals surface area contributed by atoms with Gasteiger partial charge >= 0.3 is 0 Å². The minimum Gasteiger partial charge on any atom is -0.392 e. The molecule has 82 valence electrons. The van der Waals surface area contributed by atoms with E-state index in [1.165, 1.54) is 19.3 Å². The van der Waals surface area contributed by atoms with Gasteiger partial charge in [-0.05, 0) is 18.8 Å². The number of aliphatic hydroxyl groups is 1. The Morgan fingerprint density at radius 1 is 1.21 bits per heavy atom. The van der Waals surface area contributed by atoms with Crippen molar-refractivity contribution in [1.82, 2.24) is 0 Å². The van der Waals surface area contributed by atoms with Crippen molar-refractivity contribution >= 4 is 23.5 Å². The van der Waals surface area contributed by atoms with Gasteiger partial charge in [0, 0.05) is 21.5 Å². The van der Waals surface area contributed by atoms with Crippen LogP contribution in [0.15, 0.2) is 0 Å². The highest BCUT2D eigenvalue weighted by Crippen LogP contribution is 2.41. The average Bonchev–Trinajstić information content (AvgIpc) is 2.06. The zero-order chi connectivity index (χ0) is 10.1. The van der Waals surface area contributed by atoms with Gasteiger partial charge in [-0.2, -0.15) is 23.5 Å². The highest BCUT2D eigenvalue weighted by Gasteiger charge is 2.36. The molecule has 0 radical (unpaired) electrons. The Morgan fingerprint density at radius 3 is 2.43 bits per heavy atom. The van der Waals surface area contributed by atoms with E-state index in [-0.39, 0.29) is 6.10 Å². The summed E-state index contributed by atoms with van der Waals surface area (Å²) >= 11 is 4.04. The van der Waals surface area contributed by atoms with Gasteiger partial charge in [-0.15, -0.1) is 0 Å².